The molecule has 1 saturated heterocycles. The lowest BCUT2D eigenvalue weighted by molar-refractivity contribution is -0.137. The summed E-state index contributed by atoms with van der Waals surface area (Å²) in [6.45, 7) is 2.22. The SMILES string of the molecule is CN(Cc1ccc(O)cc1)C(=O)Nc1cc(C(F)(F)F)ccc1N1CCOCC1. The molecule has 1 heterocycles. The number of nitrogens with one attached hydrogen (secondary N) is 1. The first-order chi connectivity index (χ1) is 13.7. The van der Waals surface area contributed by atoms with Crippen LogP contribution in [0.15, 0.2) is 42.5 Å². The molecule has 6 nitrogen and oxygen atoms in total. The van der Waals surface area contributed by atoms with Gasteiger partial charge in [0, 0.05) is 26.7 Å². The number of urea groups is 1. The maximum Gasteiger partial charge on any atom is 0.416 e. The molecule has 2 N–H and O–H groups in total. The normalized spacial score (nSPS) is 14.6. The van der Waals surface area contributed by atoms with Crippen LogP contribution in [0.1, 0.15) is 11.1 Å². The number of morpholine rings is 1. The van der Waals surface area contributed by atoms with Crippen molar-refractivity contribution in [2.24, 2.45) is 0 Å². The van der Waals surface area contributed by atoms with E-state index in [1.54, 1.807) is 19.2 Å². The first-order valence-corrected chi connectivity index (χ1v) is 9.08. The van der Waals surface area contributed by atoms with E-state index < -0.39 is 17.8 Å². The van der Waals surface area contributed by atoms with Crippen LogP contribution < -0.4 is 10.2 Å². The third-order valence-corrected chi connectivity index (χ3v) is 4.62. The molecule has 29 heavy (non-hydrogen) atoms. The van der Waals surface area contributed by atoms with Gasteiger partial charge in [0.25, 0.3) is 0 Å². The van der Waals surface area contributed by atoms with Crippen molar-refractivity contribution in [3.63, 3.8) is 0 Å². The quantitative estimate of drug-likeness (QED) is 0.804. The summed E-state index contributed by atoms with van der Waals surface area (Å²) in [4.78, 5) is 15.9. The van der Waals surface area contributed by atoms with E-state index in [1.165, 1.54) is 23.1 Å². The van der Waals surface area contributed by atoms with Gasteiger partial charge in [0.2, 0.25) is 0 Å². The number of hydrogen-bond acceptors (Lipinski definition) is 4. The summed E-state index contributed by atoms with van der Waals surface area (Å²) in [5.74, 6) is 0.111. The number of carbonyl (C=O) groups excluding carboxylic acids is 1. The monoisotopic (exact) mass is 409 g/mol. The molecule has 1 aliphatic rings. The molecule has 1 fully saturated rings. The molecule has 0 atom stereocenters. The molecule has 0 saturated carbocycles. The van der Waals surface area contributed by atoms with Crippen LogP contribution in [0.3, 0.4) is 0 Å². The van der Waals surface area contributed by atoms with Crippen molar-refractivity contribution >= 4 is 17.4 Å². The number of phenolic OH excluding ortho intramolecular Hbond substituents is 1. The zero-order chi connectivity index (χ0) is 21.0. The summed E-state index contributed by atoms with van der Waals surface area (Å²) in [5.41, 5.74) is 0.570. The average Bonchev–Trinajstić information content (AvgIpc) is 2.69. The molecule has 2 aromatic carbocycles. The van der Waals surface area contributed by atoms with Gasteiger partial charge in [-0.05, 0) is 35.9 Å². The Balaban J connectivity index is 1.80. The zero-order valence-electron chi connectivity index (χ0n) is 15.9. The van der Waals surface area contributed by atoms with Crippen molar-refractivity contribution in [2.45, 2.75) is 12.7 Å². The van der Waals surface area contributed by atoms with E-state index in [0.29, 0.717) is 32.0 Å². The van der Waals surface area contributed by atoms with E-state index in [9.17, 15) is 23.1 Å². The molecule has 2 aromatic rings. The lowest BCUT2D eigenvalue weighted by Gasteiger charge is -2.31. The molecule has 9 heteroatoms. The minimum Gasteiger partial charge on any atom is -0.508 e. The van der Waals surface area contributed by atoms with Gasteiger partial charge in [-0.2, -0.15) is 13.2 Å². The number of ether oxygens (including phenoxy) is 1. The number of amides is 2. The fourth-order valence-corrected chi connectivity index (χ4v) is 3.05. The van der Waals surface area contributed by atoms with Crippen molar-refractivity contribution < 1.29 is 27.8 Å². The van der Waals surface area contributed by atoms with Crippen molar-refractivity contribution in [3.05, 3.63) is 53.6 Å². The van der Waals surface area contributed by atoms with Crippen LogP contribution in [0.25, 0.3) is 0 Å². The molecule has 1 aliphatic heterocycles. The second-order valence-electron chi connectivity index (χ2n) is 6.78. The molecule has 0 bridgehead atoms. The Labute approximate surface area is 166 Å². The highest BCUT2D eigenvalue weighted by Crippen LogP contribution is 2.36. The Hall–Kier alpha value is -2.94. The summed E-state index contributed by atoms with van der Waals surface area (Å²) in [6.07, 6.45) is -4.51. The number of benzene rings is 2. The molecular weight excluding hydrogens is 387 g/mol. The number of nitrogens with zero attached hydrogens (tertiary/aromatic N) is 2. The zero-order valence-corrected chi connectivity index (χ0v) is 15.9. The van der Waals surface area contributed by atoms with Crippen LogP contribution in [0.5, 0.6) is 5.75 Å². The fourth-order valence-electron chi connectivity index (χ4n) is 3.05. The van der Waals surface area contributed by atoms with Gasteiger partial charge < -0.3 is 25.0 Å². The van der Waals surface area contributed by atoms with Gasteiger partial charge in [-0.3, -0.25) is 0 Å². The molecule has 156 valence electrons. The molecule has 0 spiro atoms. The van der Waals surface area contributed by atoms with Gasteiger partial charge >= 0.3 is 12.2 Å². The maximum atomic E-state index is 13.2. The van der Waals surface area contributed by atoms with E-state index in [4.69, 9.17) is 4.74 Å². The number of halogens is 3. The first kappa shape index (κ1) is 20.8. The van der Waals surface area contributed by atoms with Crippen molar-refractivity contribution in [1.82, 2.24) is 4.90 Å². The molecule has 0 unspecified atom stereocenters. The lowest BCUT2D eigenvalue weighted by Crippen LogP contribution is -2.37. The third-order valence-electron chi connectivity index (χ3n) is 4.62. The number of phenols is 1. The average molecular weight is 409 g/mol. The molecule has 0 aromatic heterocycles. The summed E-state index contributed by atoms with van der Waals surface area (Å²) in [7, 11) is 1.55. The maximum absolute atomic E-state index is 13.2. The van der Waals surface area contributed by atoms with Gasteiger partial charge in [0.1, 0.15) is 5.75 Å². The Morgan fingerprint density at radius 3 is 2.45 bits per heavy atom. The Morgan fingerprint density at radius 1 is 1.17 bits per heavy atom. The van der Waals surface area contributed by atoms with Gasteiger partial charge in [0.15, 0.2) is 0 Å². The van der Waals surface area contributed by atoms with Crippen LogP contribution in [0, 0.1) is 0 Å². The minimum atomic E-state index is -4.51. The summed E-state index contributed by atoms with van der Waals surface area (Å²) in [5, 5.41) is 11.9. The number of rotatable bonds is 4. The van der Waals surface area contributed by atoms with E-state index in [0.717, 1.165) is 17.7 Å². The number of anilines is 2. The highest BCUT2D eigenvalue weighted by molar-refractivity contribution is 5.93. The largest absolute Gasteiger partial charge is 0.508 e. The lowest BCUT2D eigenvalue weighted by atomic mass is 10.1. The number of hydrogen-bond donors (Lipinski definition) is 2. The molecule has 3 rings (SSSR count). The summed E-state index contributed by atoms with van der Waals surface area (Å²) < 4.78 is 44.8. The van der Waals surface area contributed by atoms with Crippen molar-refractivity contribution in [2.75, 3.05) is 43.6 Å². The Morgan fingerprint density at radius 2 is 1.83 bits per heavy atom. The topological polar surface area (TPSA) is 65.0 Å². The van der Waals surface area contributed by atoms with Crippen molar-refractivity contribution in [3.8, 4) is 5.75 Å². The van der Waals surface area contributed by atoms with Gasteiger partial charge in [-0.25, -0.2) is 4.79 Å². The third kappa shape index (κ3) is 5.32. The van der Waals surface area contributed by atoms with Gasteiger partial charge in [0.05, 0.1) is 30.2 Å². The number of alkyl halides is 3. The predicted octanol–water partition coefficient (Wildman–Crippen LogP) is 3.91. The molecule has 0 radical (unpaired) electrons. The van der Waals surface area contributed by atoms with Crippen LogP contribution in [0.4, 0.5) is 29.3 Å². The van der Waals surface area contributed by atoms with E-state index in [-0.39, 0.29) is 18.0 Å². The van der Waals surface area contributed by atoms with Crippen LogP contribution in [-0.2, 0) is 17.5 Å². The van der Waals surface area contributed by atoms with Crippen LogP contribution in [0.2, 0.25) is 0 Å². The standard InChI is InChI=1S/C20H22F3N3O3/c1-25(13-14-2-5-16(27)6-3-14)19(28)24-17-12-15(20(21,22)23)4-7-18(17)26-8-10-29-11-9-26/h2-7,12,27H,8-11,13H2,1H3,(H,24,28). The molecular formula is C20H22F3N3O3. The highest BCUT2D eigenvalue weighted by atomic mass is 19.4. The minimum absolute atomic E-state index is 0.101. The molecule has 0 aliphatic carbocycles. The fraction of sp³-hybridized carbons (Fsp3) is 0.350. The van der Waals surface area contributed by atoms with Gasteiger partial charge in [-0.1, -0.05) is 12.1 Å². The van der Waals surface area contributed by atoms with Gasteiger partial charge in [-0.15, -0.1) is 0 Å². The van der Waals surface area contributed by atoms with Crippen LogP contribution in [-0.4, -0.2) is 49.4 Å². The Bertz CT molecular complexity index is 850. The second-order valence-corrected chi connectivity index (χ2v) is 6.78. The van der Waals surface area contributed by atoms with E-state index in [1.807, 2.05) is 4.90 Å². The van der Waals surface area contributed by atoms with Crippen LogP contribution >= 0.6 is 0 Å². The van der Waals surface area contributed by atoms with E-state index in [2.05, 4.69) is 5.32 Å². The second kappa shape index (κ2) is 8.60. The van der Waals surface area contributed by atoms with E-state index >= 15 is 0 Å². The predicted molar refractivity (Wildman–Crippen MR) is 103 cm³/mol. The van der Waals surface area contributed by atoms with Crippen molar-refractivity contribution in [1.29, 1.82) is 0 Å². The number of carbonyl (C=O) groups is 1. The highest BCUT2D eigenvalue weighted by Gasteiger charge is 2.32. The Kier molecular flexibility index (Phi) is 6.17. The summed E-state index contributed by atoms with van der Waals surface area (Å²) in [6, 6.07) is 9.16. The molecule has 2 amide bonds. The number of aromatic hydroxyl groups is 1. The smallest absolute Gasteiger partial charge is 0.416 e. The summed E-state index contributed by atoms with van der Waals surface area (Å²) >= 11 is 0. The first-order valence-electron chi connectivity index (χ1n) is 9.08.